The number of likely N-dealkylation sites (tertiary alicyclic amines) is 2. The van der Waals surface area contributed by atoms with Crippen LogP contribution in [0, 0.1) is 0 Å². The van der Waals surface area contributed by atoms with E-state index in [4.69, 9.17) is 4.42 Å². The first kappa shape index (κ1) is 12.2. The molecule has 3 nitrogen and oxygen atoms in total. The molecule has 0 bridgehead atoms. The summed E-state index contributed by atoms with van der Waals surface area (Å²) in [5.74, 6) is 0. The third-order valence-electron chi connectivity index (χ3n) is 4.66. The normalized spacial score (nSPS) is 28.6. The summed E-state index contributed by atoms with van der Waals surface area (Å²) in [5.41, 5.74) is 1.32. The average Bonchev–Trinajstić information content (AvgIpc) is 3.11. The molecule has 1 aromatic rings. The predicted octanol–water partition coefficient (Wildman–Crippen LogP) is 2.90. The molecule has 3 rings (SSSR count). The van der Waals surface area contributed by atoms with E-state index in [-0.39, 0.29) is 0 Å². The quantitative estimate of drug-likeness (QED) is 0.820. The van der Waals surface area contributed by atoms with Crippen LogP contribution in [0.3, 0.4) is 0 Å². The van der Waals surface area contributed by atoms with E-state index in [0.29, 0.717) is 6.04 Å². The molecule has 0 aliphatic carbocycles. The first-order valence-electron chi connectivity index (χ1n) is 7.35. The Morgan fingerprint density at radius 3 is 2.78 bits per heavy atom. The van der Waals surface area contributed by atoms with E-state index in [1.54, 1.807) is 6.26 Å². The van der Waals surface area contributed by atoms with E-state index in [1.165, 1.54) is 57.4 Å². The highest BCUT2D eigenvalue weighted by atomic mass is 16.3. The van der Waals surface area contributed by atoms with Crippen LogP contribution in [0.2, 0.25) is 0 Å². The van der Waals surface area contributed by atoms with Crippen LogP contribution in [0.4, 0.5) is 0 Å². The Hall–Kier alpha value is -0.800. The second-order valence-electron chi connectivity index (χ2n) is 5.77. The lowest BCUT2D eigenvalue weighted by Crippen LogP contribution is -2.47. The topological polar surface area (TPSA) is 19.6 Å². The van der Waals surface area contributed by atoms with Crippen molar-refractivity contribution in [3.63, 3.8) is 0 Å². The maximum atomic E-state index is 5.22. The van der Waals surface area contributed by atoms with E-state index in [9.17, 15) is 0 Å². The summed E-state index contributed by atoms with van der Waals surface area (Å²) in [6.45, 7) is 7.40. The Balaban J connectivity index is 1.62. The van der Waals surface area contributed by atoms with E-state index in [1.807, 2.05) is 6.26 Å². The summed E-state index contributed by atoms with van der Waals surface area (Å²) in [6.07, 6.45) is 9.19. The lowest BCUT2D eigenvalue weighted by Gasteiger charge is -2.40. The minimum atomic E-state index is 0.495. The van der Waals surface area contributed by atoms with Gasteiger partial charge < -0.3 is 4.42 Å². The van der Waals surface area contributed by atoms with E-state index in [0.717, 1.165) is 6.04 Å². The van der Waals surface area contributed by atoms with Crippen LogP contribution >= 0.6 is 0 Å². The van der Waals surface area contributed by atoms with Crippen molar-refractivity contribution in [3.05, 3.63) is 24.2 Å². The molecule has 3 heteroatoms. The van der Waals surface area contributed by atoms with Crippen molar-refractivity contribution >= 4 is 0 Å². The molecule has 2 aliphatic rings. The largest absolute Gasteiger partial charge is 0.472 e. The van der Waals surface area contributed by atoms with Crippen molar-refractivity contribution in [2.24, 2.45) is 0 Å². The highest BCUT2D eigenvalue weighted by Gasteiger charge is 2.29. The first-order valence-corrected chi connectivity index (χ1v) is 7.35. The number of hydrogen-bond acceptors (Lipinski definition) is 3. The van der Waals surface area contributed by atoms with Gasteiger partial charge in [-0.3, -0.25) is 9.80 Å². The Bertz CT molecular complexity index is 357. The summed E-state index contributed by atoms with van der Waals surface area (Å²) in [7, 11) is 0. The zero-order valence-electron chi connectivity index (χ0n) is 11.3. The molecule has 18 heavy (non-hydrogen) atoms. The molecule has 1 aromatic heterocycles. The van der Waals surface area contributed by atoms with Gasteiger partial charge in [-0.05, 0) is 58.3 Å². The number of nitrogens with zero attached hydrogens (tertiary/aromatic N) is 2. The molecule has 0 aromatic carbocycles. The fourth-order valence-electron chi connectivity index (χ4n) is 3.46. The fourth-order valence-corrected chi connectivity index (χ4v) is 3.46. The van der Waals surface area contributed by atoms with Crippen molar-refractivity contribution in [2.75, 3.05) is 26.2 Å². The second-order valence-corrected chi connectivity index (χ2v) is 5.77. The zero-order chi connectivity index (χ0) is 12.4. The maximum Gasteiger partial charge on any atom is 0.0950 e. The molecule has 0 amide bonds. The highest BCUT2D eigenvalue weighted by molar-refractivity contribution is 5.11. The third kappa shape index (κ3) is 2.47. The molecule has 100 valence electrons. The van der Waals surface area contributed by atoms with Crippen LogP contribution in [-0.2, 0) is 0 Å². The van der Waals surface area contributed by atoms with Crippen molar-refractivity contribution < 1.29 is 4.42 Å². The Morgan fingerprint density at radius 1 is 1.22 bits per heavy atom. The van der Waals surface area contributed by atoms with E-state index >= 15 is 0 Å². The van der Waals surface area contributed by atoms with Gasteiger partial charge in [-0.2, -0.15) is 0 Å². The van der Waals surface area contributed by atoms with Gasteiger partial charge >= 0.3 is 0 Å². The van der Waals surface area contributed by atoms with Gasteiger partial charge in [0.2, 0.25) is 0 Å². The molecule has 0 N–H and O–H groups in total. The van der Waals surface area contributed by atoms with Gasteiger partial charge in [-0.15, -0.1) is 0 Å². The van der Waals surface area contributed by atoms with Crippen LogP contribution in [0.1, 0.15) is 44.2 Å². The number of hydrogen-bond donors (Lipinski definition) is 0. The van der Waals surface area contributed by atoms with E-state index in [2.05, 4.69) is 22.8 Å². The van der Waals surface area contributed by atoms with Gasteiger partial charge in [-0.1, -0.05) is 0 Å². The summed E-state index contributed by atoms with van der Waals surface area (Å²) >= 11 is 0. The number of rotatable bonds is 3. The smallest absolute Gasteiger partial charge is 0.0950 e. The van der Waals surface area contributed by atoms with E-state index < -0.39 is 0 Å². The van der Waals surface area contributed by atoms with Crippen molar-refractivity contribution in [1.29, 1.82) is 0 Å². The maximum absolute atomic E-state index is 5.22. The van der Waals surface area contributed by atoms with Crippen LogP contribution in [0.25, 0.3) is 0 Å². The lowest BCUT2D eigenvalue weighted by atomic mass is 10.0. The molecule has 2 atom stereocenters. The summed E-state index contributed by atoms with van der Waals surface area (Å²) in [5, 5.41) is 0. The summed E-state index contributed by atoms with van der Waals surface area (Å²) < 4.78 is 5.22. The summed E-state index contributed by atoms with van der Waals surface area (Å²) in [4.78, 5) is 5.32. The van der Waals surface area contributed by atoms with Crippen molar-refractivity contribution in [3.8, 4) is 0 Å². The van der Waals surface area contributed by atoms with Crippen LogP contribution in [-0.4, -0.2) is 42.0 Å². The minimum Gasteiger partial charge on any atom is -0.472 e. The molecule has 0 radical (unpaired) electrons. The van der Waals surface area contributed by atoms with Gasteiger partial charge in [0.05, 0.1) is 12.5 Å². The first-order chi connectivity index (χ1) is 8.84. The standard InChI is InChI=1S/C15H24N2O/c1-13(14-6-10-18-12-14)17-9-4-5-15(11-17)16-7-2-3-8-16/h6,10,12-13,15H,2-5,7-9,11H2,1H3/t13-,15+/m1/s1. The predicted molar refractivity (Wildman–Crippen MR) is 72.5 cm³/mol. The van der Waals surface area contributed by atoms with Crippen LogP contribution in [0.15, 0.2) is 23.0 Å². The molecule has 0 saturated carbocycles. The Kier molecular flexibility index (Phi) is 3.71. The van der Waals surface area contributed by atoms with Crippen molar-refractivity contribution in [1.82, 2.24) is 9.80 Å². The SMILES string of the molecule is C[C@H](c1ccoc1)N1CCC[C@H](N2CCCC2)C1. The van der Waals surface area contributed by atoms with Gasteiger partial charge in [-0.25, -0.2) is 0 Å². The van der Waals surface area contributed by atoms with Gasteiger partial charge in [0, 0.05) is 24.2 Å². The van der Waals surface area contributed by atoms with Crippen LogP contribution in [0.5, 0.6) is 0 Å². The molecule has 2 saturated heterocycles. The number of piperidine rings is 1. The third-order valence-corrected chi connectivity index (χ3v) is 4.66. The average molecular weight is 248 g/mol. The molecular formula is C15H24N2O. The highest BCUT2D eigenvalue weighted by Crippen LogP contribution is 2.27. The zero-order valence-corrected chi connectivity index (χ0v) is 11.3. The van der Waals surface area contributed by atoms with Gasteiger partial charge in [0.15, 0.2) is 0 Å². The van der Waals surface area contributed by atoms with Crippen LogP contribution < -0.4 is 0 Å². The van der Waals surface area contributed by atoms with Gasteiger partial charge in [0.25, 0.3) is 0 Å². The molecule has 0 spiro atoms. The minimum absolute atomic E-state index is 0.495. The Morgan fingerprint density at radius 2 is 2.06 bits per heavy atom. The summed E-state index contributed by atoms with van der Waals surface area (Å²) in [6, 6.07) is 3.38. The second kappa shape index (κ2) is 5.45. The molecule has 3 heterocycles. The molecule has 2 aliphatic heterocycles. The fraction of sp³-hybridized carbons (Fsp3) is 0.733. The lowest BCUT2D eigenvalue weighted by molar-refractivity contribution is 0.0885. The molecule has 0 unspecified atom stereocenters. The Labute approximate surface area is 110 Å². The number of furan rings is 1. The molecular weight excluding hydrogens is 224 g/mol. The van der Waals surface area contributed by atoms with Gasteiger partial charge in [0.1, 0.15) is 0 Å². The monoisotopic (exact) mass is 248 g/mol. The molecule has 2 fully saturated rings. The van der Waals surface area contributed by atoms with Crippen molar-refractivity contribution in [2.45, 2.75) is 44.7 Å².